The molecule has 0 radical (unpaired) electrons. The van der Waals surface area contributed by atoms with Crippen molar-refractivity contribution in [1.82, 2.24) is 4.57 Å². The van der Waals surface area contributed by atoms with E-state index in [1.807, 2.05) is 39.0 Å². The number of rotatable bonds is 6. The zero-order valence-corrected chi connectivity index (χ0v) is 19.7. The van der Waals surface area contributed by atoms with Crippen LogP contribution in [0.25, 0.3) is 10.9 Å². The van der Waals surface area contributed by atoms with Crippen molar-refractivity contribution in [2.24, 2.45) is 0 Å². The lowest BCUT2D eigenvalue weighted by Crippen LogP contribution is -2.25. The van der Waals surface area contributed by atoms with E-state index in [1.165, 1.54) is 11.9 Å². The summed E-state index contributed by atoms with van der Waals surface area (Å²) in [4.78, 5) is 12.7. The van der Waals surface area contributed by atoms with E-state index in [9.17, 15) is 13.2 Å². The number of sulfone groups is 1. The normalized spacial score (nSPS) is 16.2. The van der Waals surface area contributed by atoms with Crippen LogP contribution in [-0.2, 0) is 32.4 Å². The number of carbonyl (C=O) groups excluding carboxylic acids is 1. The van der Waals surface area contributed by atoms with Gasteiger partial charge in [-0.3, -0.25) is 4.79 Å². The minimum absolute atomic E-state index is 0.0798. The average molecular weight is 456 g/mol. The highest BCUT2D eigenvalue weighted by Gasteiger charge is 2.28. The van der Waals surface area contributed by atoms with Crippen LogP contribution in [0.4, 0.5) is 0 Å². The topological polar surface area (TPSA) is 74.6 Å². The molecule has 3 aromatic rings. The molecule has 0 bridgehead atoms. The summed E-state index contributed by atoms with van der Waals surface area (Å²) in [7, 11) is -3.21. The number of ether oxygens (including phenoxy) is 2. The van der Waals surface area contributed by atoms with Crippen molar-refractivity contribution in [1.29, 1.82) is 0 Å². The fraction of sp³-hybridized carbons (Fsp3) is 0.400. The van der Waals surface area contributed by atoms with Crippen molar-refractivity contribution in [3.63, 3.8) is 0 Å². The number of aromatic nitrogens is 1. The van der Waals surface area contributed by atoms with Gasteiger partial charge in [0.2, 0.25) is 0 Å². The summed E-state index contributed by atoms with van der Waals surface area (Å²) in [6.07, 6.45) is 3.40. The van der Waals surface area contributed by atoms with Gasteiger partial charge in [-0.2, -0.15) is 0 Å². The first kappa shape index (κ1) is 22.4. The second kappa shape index (κ2) is 8.28. The number of fused-ring (bicyclic) bond motifs is 3. The second-order valence-corrected chi connectivity index (χ2v) is 11.4. The smallest absolute Gasteiger partial charge is 0.308 e. The van der Waals surface area contributed by atoms with Crippen LogP contribution in [0.15, 0.2) is 53.4 Å². The lowest BCUT2D eigenvalue weighted by atomic mass is 10.1. The molecule has 32 heavy (non-hydrogen) atoms. The summed E-state index contributed by atoms with van der Waals surface area (Å²) < 4.78 is 37.0. The molecule has 2 heterocycles. The Morgan fingerprint density at radius 2 is 1.81 bits per heavy atom. The predicted octanol–water partition coefficient (Wildman–Crippen LogP) is 4.84. The molecule has 0 fully saturated rings. The number of esters is 1. The van der Waals surface area contributed by atoms with E-state index in [4.69, 9.17) is 9.47 Å². The molecule has 170 valence electrons. The van der Waals surface area contributed by atoms with Crippen molar-refractivity contribution >= 4 is 26.7 Å². The summed E-state index contributed by atoms with van der Waals surface area (Å²) in [6.45, 7) is 5.99. The maximum absolute atomic E-state index is 12.4. The van der Waals surface area contributed by atoms with Gasteiger partial charge in [0.1, 0.15) is 18.0 Å². The Bertz CT molecular complexity index is 1250. The molecule has 0 N–H and O–H groups in total. The Morgan fingerprint density at radius 3 is 2.47 bits per heavy atom. The van der Waals surface area contributed by atoms with Gasteiger partial charge >= 0.3 is 5.97 Å². The van der Waals surface area contributed by atoms with Crippen molar-refractivity contribution in [3.05, 3.63) is 59.8 Å². The van der Waals surface area contributed by atoms with Crippen LogP contribution < -0.4 is 4.74 Å². The van der Waals surface area contributed by atoms with Gasteiger partial charge in [-0.1, -0.05) is 12.1 Å². The van der Waals surface area contributed by atoms with Gasteiger partial charge in [0, 0.05) is 29.4 Å². The Morgan fingerprint density at radius 1 is 1.09 bits per heavy atom. The maximum atomic E-state index is 12.4. The highest BCUT2D eigenvalue weighted by atomic mass is 32.2. The molecule has 0 aliphatic carbocycles. The van der Waals surface area contributed by atoms with Gasteiger partial charge < -0.3 is 14.0 Å². The molecule has 0 saturated carbocycles. The van der Waals surface area contributed by atoms with Crippen LogP contribution in [-0.4, -0.2) is 30.8 Å². The van der Waals surface area contributed by atoms with Crippen LogP contribution in [0.1, 0.15) is 50.9 Å². The van der Waals surface area contributed by atoms with Crippen LogP contribution in [0.2, 0.25) is 0 Å². The molecule has 1 aliphatic rings. The summed E-state index contributed by atoms with van der Waals surface area (Å²) in [6, 6.07) is 15.0. The predicted molar refractivity (Wildman–Crippen MR) is 124 cm³/mol. The van der Waals surface area contributed by atoms with Gasteiger partial charge in [0.15, 0.2) is 9.84 Å². The second-order valence-electron chi connectivity index (χ2n) is 9.41. The Labute approximate surface area is 189 Å². The monoisotopic (exact) mass is 455 g/mol. The van der Waals surface area contributed by atoms with E-state index < -0.39 is 15.4 Å². The largest absolute Gasteiger partial charge is 0.489 e. The molecule has 4 rings (SSSR count). The number of carbonyl (C=O) groups is 1. The Balaban J connectivity index is 1.50. The molecule has 1 aliphatic heterocycles. The summed E-state index contributed by atoms with van der Waals surface area (Å²) in [5.41, 5.74) is 2.68. The molecule has 2 aromatic carbocycles. The van der Waals surface area contributed by atoms with Gasteiger partial charge in [0.25, 0.3) is 0 Å². The van der Waals surface area contributed by atoms with Crippen molar-refractivity contribution in [2.45, 2.75) is 63.2 Å². The Kier molecular flexibility index (Phi) is 5.79. The van der Waals surface area contributed by atoms with Crippen molar-refractivity contribution in [3.8, 4) is 5.75 Å². The fourth-order valence-corrected chi connectivity index (χ4v) is 4.81. The van der Waals surface area contributed by atoms with Crippen molar-refractivity contribution < 1.29 is 22.7 Å². The zero-order chi connectivity index (χ0) is 23.1. The third-order valence-electron chi connectivity index (χ3n) is 5.57. The minimum Gasteiger partial charge on any atom is -0.489 e. The lowest BCUT2D eigenvalue weighted by molar-refractivity contribution is -0.155. The number of aryl methyl sites for hydroxylation is 1. The molecule has 1 atom stereocenters. The molecular weight excluding hydrogens is 426 g/mol. The van der Waals surface area contributed by atoms with E-state index in [1.54, 1.807) is 24.3 Å². The van der Waals surface area contributed by atoms with Gasteiger partial charge in [-0.05, 0) is 69.5 Å². The number of hydrogen-bond acceptors (Lipinski definition) is 5. The lowest BCUT2D eigenvalue weighted by Gasteiger charge is -2.22. The maximum Gasteiger partial charge on any atom is 0.308 e. The number of nitrogens with zero attached hydrogens (tertiary/aromatic N) is 1. The molecular formula is C25H29NO5S. The minimum atomic E-state index is -3.21. The molecule has 0 spiro atoms. The van der Waals surface area contributed by atoms with Crippen molar-refractivity contribution in [2.75, 3.05) is 6.26 Å². The molecule has 6 nitrogen and oxygen atoms in total. The van der Waals surface area contributed by atoms with E-state index in [-0.39, 0.29) is 12.0 Å². The van der Waals surface area contributed by atoms with Gasteiger partial charge in [0.05, 0.1) is 16.8 Å². The van der Waals surface area contributed by atoms with Crippen LogP contribution >= 0.6 is 0 Å². The molecule has 1 unspecified atom stereocenters. The molecule has 1 aromatic heterocycles. The third kappa shape index (κ3) is 4.99. The fourth-order valence-electron chi connectivity index (χ4n) is 4.18. The van der Waals surface area contributed by atoms with E-state index in [2.05, 4.69) is 10.6 Å². The molecule has 0 amide bonds. The summed E-state index contributed by atoms with van der Waals surface area (Å²) in [5.74, 6) is 0.552. The van der Waals surface area contributed by atoms with E-state index in [0.29, 0.717) is 17.9 Å². The SMILES string of the molecule is CC(C)(C)OC(=O)CC1CCc2cc3ccc(OCc4ccc(S(C)(=O)=O)cc4)cc3n21. The first-order chi connectivity index (χ1) is 15.0. The zero-order valence-electron chi connectivity index (χ0n) is 18.9. The summed E-state index contributed by atoms with van der Waals surface area (Å²) >= 11 is 0. The summed E-state index contributed by atoms with van der Waals surface area (Å²) in [5, 5.41) is 1.12. The van der Waals surface area contributed by atoms with E-state index >= 15 is 0 Å². The van der Waals surface area contributed by atoms with Crippen LogP contribution in [0, 0.1) is 0 Å². The van der Waals surface area contributed by atoms with Gasteiger partial charge in [-0.25, -0.2) is 8.42 Å². The van der Waals surface area contributed by atoms with Crippen LogP contribution in [0.3, 0.4) is 0 Å². The number of benzene rings is 2. The quantitative estimate of drug-likeness (QED) is 0.497. The highest BCUT2D eigenvalue weighted by Crippen LogP contribution is 2.37. The first-order valence-corrected chi connectivity index (χ1v) is 12.7. The average Bonchev–Trinajstić information content (AvgIpc) is 3.24. The third-order valence-corrected chi connectivity index (χ3v) is 6.70. The van der Waals surface area contributed by atoms with Gasteiger partial charge in [-0.15, -0.1) is 0 Å². The first-order valence-electron chi connectivity index (χ1n) is 10.8. The Hall–Kier alpha value is -2.80. The molecule has 7 heteroatoms. The van der Waals surface area contributed by atoms with E-state index in [0.717, 1.165) is 35.1 Å². The number of hydrogen-bond donors (Lipinski definition) is 0. The highest BCUT2D eigenvalue weighted by molar-refractivity contribution is 7.90. The van der Waals surface area contributed by atoms with Crippen LogP contribution in [0.5, 0.6) is 5.75 Å². The molecule has 0 saturated heterocycles. The standard InChI is InChI=1S/C25H29NO5S/c1-25(2,3)31-24(27)14-20-9-8-19-13-18-7-10-21(15-23(18)26(19)20)30-16-17-5-11-22(12-6-17)32(4,28)29/h5-7,10-13,15,20H,8-9,14,16H2,1-4H3.